The van der Waals surface area contributed by atoms with Crippen LogP contribution in [0.15, 0.2) is 6.07 Å². The number of hydrogen-bond donors (Lipinski definition) is 3. The van der Waals surface area contributed by atoms with Gasteiger partial charge >= 0.3 is 0 Å². The minimum atomic E-state index is -0.276. The van der Waals surface area contributed by atoms with Crippen LogP contribution < -0.4 is 16.0 Å². The number of nitrogen functional groups attached to an aromatic ring is 1. The van der Waals surface area contributed by atoms with Crippen LogP contribution in [-0.2, 0) is 0 Å². The van der Waals surface area contributed by atoms with Crippen LogP contribution in [0.3, 0.4) is 0 Å². The minimum Gasteiger partial charge on any atom is -0.393 e. The van der Waals surface area contributed by atoms with Crippen molar-refractivity contribution in [1.82, 2.24) is 9.97 Å². The number of hydrogen-bond acceptors (Lipinski definition) is 6. The Labute approximate surface area is 107 Å². The topological polar surface area (TPSA) is 87.3 Å². The average Bonchev–Trinajstić information content (AvgIpc) is 2.78. The summed E-state index contributed by atoms with van der Waals surface area (Å²) >= 11 is 0. The summed E-state index contributed by atoms with van der Waals surface area (Å²) in [6.45, 7) is 6.37. The van der Waals surface area contributed by atoms with Gasteiger partial charge < -0.3 is 21.1 Å². The van der Waals surface area contributed by atoms with Gasteiger partial charge in [0, 0.05) is 31.6 Å². The molecule has 1 aliphatic heterocycles. The van der Waals surface area contributed by atoms with Gasteiger partial charge in [0.15, 0.2) is 0 Å². The Morgan fingerprint density at radius 3 is 3.00 bits per heavy atom. The lowest BCUT2D eigenvalue weighted by atomic mass is 10.0. The Bertz CT molecular complexity index is 409. The van der Waals surface area contributed by atoms with Gasteiger partial charge in [-0.15, -0.1) is 0 Å². The lowest BCUT2D eigenvalue weighted by Crippen LogP contribution is -2.25. The van der Waals surface area contributed by atoms with Crippen LogP contribution in [0.2, 0.25) is 0 Å². The first-order valence-corrected chi connectivity index (χ1v) is 6.41. The Kier molecular flexibility index (Phi) is 3.86. The van der Waals surface area contributed by atoms with Crippen molar-refractivity contribution < 1.29 is 5.11 Å². The number of aromatic nitrogens is 2. The van der Waals surface area contributed by atoms with Gasteiger partial charge in [0.1, 0.15) is 11.6 Å². The quantitative estimate of drug-likeness (QED) is 0.730. The number of nitrogens with one attached hydrogen (secondary N) is 1. The summed E-state index contributed by atoms with van der Waals surface area (Å²) in [5.41, 5.74) is 5.71. The lowest BCUT2D eigenvalue weighted by molar-refractivity contribution is 0.136. The zero-order valence-electron chi connectivity index (χ0n) is 10.9. The van der Waals surface area contributed by atoms with E-state index in [9.17, 15) is 5.11 Å². The van der Waals surface area contributed by atoms with Crippen molar-refractivity contribution >= 4 is 17.6 Å². The number of aliphatic hydroxyl groups is 1. The van der Waals surface area contributed by atoms with Crippen molar-refractivity contribution in [3.63, 3.8) is 0 Å². The van der Waals surface area contributed by atoms with E-state index in [1.807, 2.05) is 19.9 Å². The normalized spacial score (nSPS) is 21.1. The maximum absolute atomic E-state index is 9.61. The summed E-state index contributed by atoms with van der Waals surface area (Å²) in [6.07, 6.45) is 0.709. The third kappa shape index (κ3) is 2.81. The molecule has 4 N–H and O–H groups in total. The van der Waals surface area contributed by atoms with E-state index >= 15 is 0 Å². The van der Waals surface area contributed by atoms with E-state index < -0.39 is 0 Å². The van der Waals surface area contributed by atoms with E-state index in [0.29, 0.717) is 5.92 Å². The van der Waals surface area contributed by atoms with Crippen LogP contribution in [0.1, 0.15) is 20.3 Å². The molecule has 6 nitrogen and oxygen atoms in total. The first-order chi connectivity index (χ1) is 8.60. The number of nitrogens with two attached hydrogens (primary N) is 1. The lowest BCUT2D eigenvalue weighted by Gasteiger charge is -2.19. The first kappa shape index (κ1) is 12.9. The fourth-order valence-corrected chi connectivity index (χ4v) is 2.28. The molecule has 1 saturated heterocycles. The third-order valence-corrected chi connectivity index (χ3v) is 3.32. The predicted octanol–water partition coefficient (Wildman–Crippen LogP) is 0.698. The Morgan fingerprint density at radius 2 is 2.39 bits per heavy atom. The first-order valence-electron chi connectivity index (χ1n) is 6.41. The van der Waals surface area contributed by atoms with Crippen molar-refractivity contribution in [3.8, 4) is 0 Å². The molecule has 2 rings (SSSR count). The van der Waals surface area contributed by atoms with E-state index in [1.54, 1.807) is 0 Å². The van der Waals surface area contributed by atoms with Crippen molar-refractivity contribution in [2.45, 2.75) is 26.4 Å². The van der Waals surface area contributed by atoms with Crippen LogP contribution in [0.5, 0.6) is 0 Å². The number of aliphatic hydroxyl groups excluding tert-OH is 1. The van der Waals surface area contributed by atoms with E-state index in [2.05, 4.69) is 20.2 Å². The number of anilines is 3. The van der Waals surface area contributed by atoms with Gasteiger partial charge in [-0.2, -0.15) is 9.97 Å². The average molecular weight is 251 g/mol. The Morgan fingerprint density at radius 1 is 1.61 bits per heavy atom. The van der Waals surface area contributed by atoms with Crippen molar-refractivity contribution in [1.29, 1.82) is 0 Å². The standard InChI is InChI=1S/C12H21N5O/c1-3-14-10-6-11(16-12(13)15-10)17-5-4-9(7-17)8(2)18/h6,8-9,18H,3-5,7H2,1-2H3,(H3,13,14,15,16). The SMILES string of the molecule is CCNc1cc(N2CCC(C(C)O)C2)nc(N)n1. The highest BCUT2D eigenvalue weighted by Crippen LogP contribution is 2.26. The molecule has 2 unspecified atom stereocenters. The van der Waals surface area contributed by atoms with Crippen molar-refractivity contribution in [2.24, 2.45) is 5.92 Å². The molecule has 2 heterocycles. The van der Waals surface area contributed by atoms with Crippen LogP contribution in [0, 0.1) is 5.92 Å². The molecule has 100 valence electrons. The number of nitrogens with zero attached hydrogens (tertiary/aromatic N) is 3. The van der Waals surface area contributed by atoms with Crippen LogP contribution in [-0.4, -0.2) is 40.8 Å². The van der Waals surface area contributed by atoms with Crippen molar-refractivity contribution in [2.75, 3.05) is 35.6 Å². The predicted molar refractivity (Wildman–Crippen MR) is 72.6 cm³/mol. The van der Waals surface area contributed by atoms with Gasteiger partial charge in [-0.1, -0.05) is 0 Å². The van der Waals surface area contributed by atoms with Gasteiger partial charge in [-0.05, 0) is 20.3 Å². The van der Waals surface area contributed by atoms with Gasteiger partial charge in [-0.25, -0.2) is 0 Å². The molecule has 1 fully saturated rings. The second-order valence-electron chi connectivity index (χ2n) is 4.74. The van der Waals surface area contributed by atoms with E-state index in [-0.39, 0.29) is 12.1 Å². The zero-order chi connectivity index (χ0) is 13.1. The summed E-state index contributed by atoms with van der Waals surface area (Å²) in [7, 11) is 0. The maximum atomic E-state index is 9.61. The molecule has 0 spiro atoms. The highest BCUT2D eigenvalue weighted by Gasteiger charge is 2.27. The molecule has 18 heavy (non-hydrogen) atoms. The largest absolute Gasteiger partial charge is 0.393 e. The third-order valence-electron chi connectivity index (χ3n) is 3.32. The molecule has 0 bridgehead atoms. The fraction of sp³-hybridized carbons (Fsp3) is 0.667. The molecule has 1 aromatic rings. The second-order valence-corrected chi connectivity index (χ2v) is 4.74. The van der Waals surface area contributed by atoms with Gasteiger partial charge in [0.25, 0.3) is 0 Å². The molecule has 2 atom stereocenters. The van der Waals surface area contributed by atoms with Crippen LogP contribution >= 0.6 is 0 Å². The molecule has 6 heteroatoms. The number of rotatable bonds is 4. The fourth-order valence-electron chi connectivity index (χ4n) is 2.28. The summed E-state index contributed by atoms with van der Waals surface area (Å²) in [5.74, 6) is 2.18. The van der Waals surface area contributed by atoms with Gasteiger partial charge in [0.2, 0.25) is 5.95 Å². The molecular formula is C12H21N5O. The van der Waals surface area contributed by atoms with Crippen LogP contribution in [0.4, 0.5) is 17.6 Å². The molecular weight excluding hydrogens is 230 g/mol. The highest BCUT2D eigenvalue weighted by atomic mass is 16.3. The monoisotopic (exact) mass is 251 g/mol. The molecule has 1 aromatic heterocycles. The Balaban J connectivity index is 2.13. The molecule has 0 aromatic carbocycles. The molecule has 1 aliphatic rings. The minimum absolute atomic E-state index is 0.276. The maximum Gasteiger partial charge on any atom is 0.223 e. The summed E-state index contributed by atoms with van der Waals surface area (Å²) in [6, 6.07) is 1.91. The van der Waals surface area contributed by atoms with Gasteiger partial charge in [-0.3, -0.25) is 0 Å². The van der Waals surface area contributed by atoms with E-state index in [4.69, 9.17) is 5.73 Å². The zero-order valence-corrected chi connectivity index (χ0v) is 10.9. The summed E-state index contributed by atoms with van der Waals surface area (Å²) in [4.78, 5) is 10.5. The summed E-state index contributed by atoms with van der Waals surface area (Å²) in [5, 5.41) is 12.8. The second kappa shape index (κ2) is 5.39. The molecule has 0 radical (unpaired) electrons. The highest BCUT2D eigenvalue weighted by molar-refractivity contribution is 5.53. The Hall–Kier alpha value is -1.56. The molecule has 0 aliphatic carbocycles. The van der Waals surface area contributed by atoms with Crippen molar-refractivity contribution in [3.05, 3.63) is 6.07 Å². The smallest absolute Gasteiger partial charge is 0.223 e. The van der Waals surface area contributed by atoms with E-state index in [0.717, 1.165) is 37.7 Å². The summed E-state index contributed by atoms with van der Waals surface area (Å²) < 4.78 is 0. The van der Waals surface area contributed by atoms with E-state index in [1.165, 1.54) is 0 Å². The molecule has 0 saturated carbocycles. The van der Waals surface area contributed by atoms with Gasteiger partial charge in [0.05, 0.1) is 6.10 Å². The van der Waals surface area contributed by atoms with Crippen LogP contribution in [0.25, 0.3) is 0 Å². The molecule has 0 amide bonds.